The second kappa shape index (κ2) is 12.8. The van der Waals surface area contributed by atoms with E-state index < -0.39 is 4.92 Å². The van der Waals surface area contributed by atoms with Crippen LogP contribution in [0.3, 0.4) is 0 Å². The van der Waals surface area contributed by atoms with Crippen LogP contribution in [0.2, 0.25) is 0 Å². The summed E-state index contributed by atoms with van der Waals surface area (Å²) in [7, 11) is 0. The van der Waals surface area contributed by atoms with Crippen molar-refractivity contribution in [3.63, 3.8) is 0 Å². The van der Waals surface area contributed by atoms with Crippen molar-refractivity contribution >= 4 is 17.2 Å². The Morgan fingerprint density at radius 1 is 0.915 bits per heavy atom. The molecule has 10 nitrogen and oxygen atoms in total. The van der Waals surface area contributed by atoms with Gasteiger partial charge in [-0.15, -0.1) is 0 Å². The molecule has 0 amide bonds. The Hall–Kier alpha value is -5.99. The molecule has 0 aliphatic carbocycles. The van der Waals surface area contributed by atoms with E-state index in [1.54, 1.807) is 36.5 Å². The number of halogens is 1. The first-order valence-electron chi connectivity index (χ1n) is 15.3. The number of anilines is 1. The summed E-state index contributed by atoms with van der Waals surface area (Å²) in [6.45, 7) is 2.63. The molecule has 6 aromatic rings. The lowest BCUT2D eigenvalue weighted by Crippen LogP contribution is -2.38. The molecule has 0 atom stereocenters. The second-order valence-electron chi connectivity index (χ2n) is 11.5. The SMILES string of the molecule is N#Cc1nccc(NC2CCN(Cc3ccc(-c4c(-c5cccnc5[N+](=O)[O-])cc5ccc(-c6ccc(F)cc6)cn45)cc3)CC2)n1. The molecule has 1 aliphatic rings. The number of piperidine rings is 1. The summed E-state index contributed by atoms with van der Waals surface area (Å²) in [6, 6.07) is 28.0. The minimum atomic E-state index is -0.454. The van der Waals surface area contributed by atoms with Crippen LogP contribution in [0.25, 0.3) is 39.0 Å². The highest BCUT2D eigenvalue weighted by Gasteiger charge is 2.24. The first kappa shape index (κ1) is 29.7. The molecule has 1 N–H and O–H groups in total. The highest BCUT2D eigenvalue weighted by Crippen LogP contribution is 2.39. The number of nitrogens with one attached hydrogen (secondary N) is 1. The predicted molar refractivity (Wildman–Crippen MR) is 177 cm³/mol. The Morgan fingerprint density at radius 2 is 1.66 bits per heavy atom. The Bertz CT molecular complexity index is 2120. The molecule has 1 fully saturated rings. The zero-order chi connectivity index (χ0) is 32.3. The van der Waals surface area contributed by atoms with Gasteiger partial charge in [0.05, 0.1) is 11.3 Å². The van der Waals surface area contributed by atoms with E-state index in [2.05, 4.69) is 49.4 Å². The minimum Gasteiger partial charge on any atom is -0.367 e. The van der Waals surface area contributed by atoms with Gasteiger partial charge in [0.2, 0.25) is 5.82 Å². The van der Waals surface area contributed by atoms with Crippen LogP contribution in [0.5, 0.6) is 0 Å². The Kier molecular flexibility index (Phi) is 8.08. The van der Waals surface area contributed by atoms with Crippen molar-refractivity contribution in [3.05, 3.63) is 131 Å². The van der Waals surface area contributed by atoms with E-state index in [0.717, 1.165) is 65.9 Å². The highest BCUT2D eigenvalue weighted by atomic mass is 19.1. The third-order valence-corrected chi connectivity index (χ3v) is 8.52. The van der Waals surface area contributed by atoms with Crippen LogP contribution in [-0.4, -0.2) is 48.3 Å². The van der Waals surface area contributed by atoms with E-state index in [0.29, 0.717) is 16.9 Å². The maximum absolute atomic E-state index is 13.7. The normalized spacial score (nSPS) is 13.8. The molecule has 1 aliphatic heterocycles. The van der Waals surface area contributed by atoms with E-state index in [4.69, 9.17) is 5.26 Å². The lowest BCUT2D eigenvalue weighted by molar-refractivity contribution is -0.388. The number of likely N-dealkylation sites (tertiary alicyclic amines) is 1. The average Bonchev–Trinajstić information content (AvgIpc) is 3.48. The number of nitro groups is 1. The van der Waals surface area contributed by atoms with Crippen LogP contribution in [0.4, 0.5) is 16.0 Å². The Morgan fingerprint density at radius 3 is 2.40 bits per heavy atom. The van der Waals surface area contributed by atoms with Crippen molar-refractivity contribution in [2.24, 2.45) is 0 Å². The second-order valence-corrected chi connectivity index (χ2v) is 11.5. The van der Waals surface area contributed by atoms with Crippen LogP contribution in [0.1, 0.15) is 24.2 Å². The van der Waals surface area contributed by atoms with Gasteiger partial charge in [0.15, 0.2) is 0 Å². The van der Waals surface area contributed by atoms with Crippen LogP contribution < -0.4 is 5.32 Å². The van der Waals surface area contributed by atoms with Crippen LogP contribution in [0, 0.1) is 27.3 Å². The molecule has 0 bridgehead atoms. The highest BCUT2D eigenvalue weighted by molar-refractivity contribution is 5.90. The molecule has 0 unspecified atom stereocenters. The molecule has 0 saturated carbocycles. The zero-order valence-electron chi connectivity index (χ0n) is 25.3. The molecule has 4 aromatic heterocycles. The van der Waals surface area contributed by atoms with Gasteiger partial charge in [-0.3, -0.25) is 4.90 Å². The lowest BCUT2D eigenvalue weighted by Gasteiger charge is -2.32. The van der Waals surface area contributed by atoms with E-state index in [1.807, 2.05) is 34.9 Å². The summed E-state index contributed by atoms with van der Waals surface area (Å²) < 4.78 is 15.7. The van der Waals surface area contributed by atoms with E-state index in [-0.39, 0.29) is 23.5 Å². The molecule has 1 saturated heterocycles. The van der Waals surface area contributed by atoms with Crippen molar-refractivity contribution in [2.45, 2.75) is 25.4 Å². The summed E-state index contributed by atoms with van der Waals surface area (Å²) >= 11 is 0. The molecule has 0 radical (unpaired) electrons. The summed E-state index contributed by atoms with van der Waals surface area (Å²) in [4.78, 5) is 26.2. The number of pyridine rings is 2. The summed E-state index contributed by atoms with van der Waals surface area (Å²) in [5, 5.41) is 24.5. The van der Waals surface area contributed by atoms with Gasteiger partial charge in [0.25, 0.3) is 0 Å². The fourth-order valence-electron chi connectivity index (χ4n) is 6.20. The maximum Gasteiger partial charge on any atom is 0.371 e. The maximum atomic E-state index is 13.7. The number of aromatic nitrogens is 4. The van der Waals surface area contributed by atoms with Crippen molar-refractivity contribution in [1.82, 2.24) is 24.3 Å². The van der Waals surface area contributed by atoms with Gasteiger partial charge in [-0.1, -0.05) is 42.5 Å². The van der Waals surface area contributed by atoms with Crippen molar-refractivity contribution in [1.29, 1.82) is 5.26 Å². The number of rotatable bonds is 8. The summed E-state index contributed by atoms with van der Waals surface area (Å²) in [6.07, 6.45) is 6.90. The van der Waals surface area contributed by atoms with Gasteiger partial charge in [0, 0.05) is 49.1 Å². The molecule has 0 spiro atoms. The van der Waals surface area contributed by atoms with Crippen molar-refractivity contribution in [2.75, 3.05) is 18.4 Å². The number of benzene rings is 2. The smallest absolute Gasteiger partial charge is 0.367 e. The number of nitriles is 1. The molecule has 232 valence electrons. The summed E-state index contributed by atoms with van der Waals surface area (Å²) in [5.41, 5.74) is 6.63. The fraction of sp³-hybridized carbons (Fsp3) is 0.167. The van der Waals surface area contributed by atoms with E-state index in [1.165, 1.54) is 18.3 Å². The topological polar surface area (TPSA) is 125 Å². The predicted octanol–water partition coefficient (Wildman–Crippen LogP) is 7.12. The average molecular weight is 625 g/mol. The summed E-state index contributed by atoms with van der Waals surface area (Å²) in [5.74, 6) is 0.316. The lowest BCUT2D eigenvalue weighted by atomic mass is 10.00. The number of nitrogens with zero attached hydrogens (tertiary/aromatic N) is 7. The van der Waals surface area contributed by atoms with Gasteiger partial charge in [-0.2, -0.15) is 5.26 Å². The molecule has 47 heavy (non-hydrogen) atoms. The van der Waals surface area contributed by atoms with Gasteiger partial charge in [-0.05, 0) is 87.5 Å². The third kappa shape index (κ3) is 6.27. The zero-order valence-corrected chi connectivity index (χ0v) is 25.3. The largest absolute Gasteiger partial charge is 0.371 e. The van der Waals surface area contributed by atoms with Crippen LogP contribution in [-0.2, 0) is 6.54 Å². The molecule has 2 aromatic carbocycles. The van der Waals surface area contributed by atoms with Gasteiger partial charge >= 0.3 is 5.82 Å². The minimum absolute atomic E-state index is 0.156. The number of hydrogen-bond acceptors (Lipinski definition) is 8. The molecule has 7 rings (SSSR count). The monoisotopic (exact) mass is 624 g/mol. The van der Waals surface area contributed by atoms with E-state index in [9.17, 15) is 14.5 Å². The first-order chi connectivity index (χ1) is 22.9. The first-order valence-corrected chi connectivity index (χ1v) is 15.3. The van der Waals surface area contributed by atoms with Crippen LogP contribution in [0.15, 0.2) is 104 Å². The Labute approximate surface area is 270 Å². The molecule has 11 heteroatoms. The van der Waals surface area contributed by atoms with Gasteiger partial charge in [-0.25, -0.2) is 14.4 Å². The molecular weight excluding hydrogens is 595 g/mol. The van der Waals surface area contributed by atoms with Crippen molar-refractivity contribution in [3.8, 4) is 39.6 Å². The number of fused-ring (bicyclic) bond motifs is 1. The Balaban J connectivity index is 1.16. The van der Waals surface area contributed by atoms with Crippen LogP contribution >= 0.6 is 0 Å². The van der Waals surface area contributed by atoms with Crippen molar-refractivity contribution < 1.29 is 9.31 Å². The standard InChI is InChI=1S/C36H29FN8O2/c37-28-10-7-25(8-11-28)27-9-12-30-20-32(31-2-1-16-40-36(31)45(46)47)35(44(30)23-27)26-5-3-24(4-6-26)22-43-18-14-29(15-19-43)41-33-13-17-39-34(21-38)42-33/h1-13,16-17,20,23,29H,14-15,18-19,22H2,(H,39,41,42). The molecular formula is C36H29FN8O2. The molecule has 5 heterocycles. The number of hydrogen-bond donors (Lipinski definition) is 1. The van der Waals surface area contributed by atoms with Gasteiger partial charge in [0.1, 0.15) is 23.9 Å². The van der Waals surface area contributed by atoms with Gasteiger partial charge < -0.3 is 19.8 Å². The fourth-order valence-corrected chi connectivity index (χ4v) is 6.20. The van der Waals surface area contributed by atoms with E-state index >= 15 is 0 Å². The third-order valence-electron chi connectivity index (χ3n) is 8.52. The quantitative estimate of drug-likeness (QED) is 0.140.